The van der Waals surface area contributed by atoms with Gasteiger partial charge >= 0.3 is 0 Å². The largest absolute Gasteiger partial charge is 0.456 e. The number of halogens is 3. The Morgan fingerprint density at radius 2 is 1.81 bits per heavy atom. The quantitative estimate of drug-likeness (QED) is 0.281. The molecule has 3 aromatic heterocycles. The van der Waals surface area contributed by atoms with Crippen LogP contribution in [0.5, 0.6) is 11.5 Å². The van der Waals surface area contributed by atoms with E-state index in [9.17, 15) is 8.78 Å². The number of aryl methyl sites for hydroxylation is 1. The Labute approximate surface area is 210 Å². The number of aromatic nitrogens is 6. The molecule has 0 radical (unpaired) electrons. The molecule has 184 valence electrons. The van der Waals surface area contributed by atoms with Crippen LogP contribution in [0.4, 0.5) is 8.78 Å². The first kappa shape index (κ1) is 22.8. The second kappa shape index (κ2) is 8.23. The second-order valence-corrected chi connectivity index (χ2v) is 10.0. The Morgan fingerprint density at radius 3 is 2.61 bits per heavy atom. The van der Waals surface area contributed by atoms with Gasteiger partial charge in [-0.15, -0.1) is 0 Å². The summed E-state index contributed by atoms with van der Waals surface area (Å²) in [5.41, 5.74) is 3.73. The third-order valence-corrected chi connectivity index (χ3v) is 7.27. The number of imidazole rings is 1. The van der Waals surface area contributed by atoms with Crippen molar-refractivity contribution in [2.75, 3.05) is 0 Å². The summed E-state index contributed by atoms with van der Waals surface area (Å²) in [7, 11) is 0. The van der Waals surface area contributed by atoms with E-state index in [1.807, 2.05) is 38.2 Å². The summed E-state index contributed by atoms with van der Waals surface area (Å²) in [5, 5.41) is 4.82. The average Bonchev–Trinajstić information content (AvgIpc) is 3.49. The van der Waals surface area contributed by atoms with Gasteiger partial charge in [0, 0.05) is 30.7 Å². The number of fused-ring (bicyclic) bond motifs is 2. The Balaban J connectivity index is 1.30. The van der Waals surface area contributed by atoms with Gasteiger partial charge in [-0.3, -0.25) is 9.67 Å². The van der Waals surface area contributed by atoms with Gasteiger partial charge in [0.15, 0.2) is 0 Å². The number of aromatic amines is 1. The van der Waals surface area contributed by atoms with Gasteiger partial charge in [-0.05, 0) is 51.0 Å². The van der Waals surface area contributed by atoms with E-state index in [2.05, 4.69) is 20.1 Å². The number of rotatable bonds is 4. The molecule has 0 spiro atoms. The van der Waals surface area contributed by atoms with Crippen molar-refractivity contribution in [3.63, 3.8) is 0 Å². The summed E-state index contributed by atoms with van der Waals surface area (Å²) >= 11 is 6.71. The summed E-state index contributed by atoms with van der Waals surface area (Å²) in [6.07, 6.45) is 5.63. The number of hydrogen-bond acceptors (Lipinski definition) is 5. The van der Waals surface area contributed by atoms with Crippen molar-refractivity contribution < 1.29 is 13.5 Å². The maximum Gasteiger partial charge on any atom is 0.248 e. The minimum absolute atomic E-state index is 0.139. The van der Waals surface area contributed by atoms with Crippen LogP contribution in [0.25, 0.3) is 33.3 Å². The SMILES string of the molecule is Cc1nc2ccc(Oc3ccc4ncc(-c5cnn(C6(C)CCC(F)(F)CC6)c5)nc4c3Cl)cc2[nH]1. The van der Waals surface area contributed by atoms with Crippen molar-refractivity contribution in [2.45, 2.75) is 51.0 Å². The van der Waals surface area contributed by atoms with Crippen LogP contribution < -0.4 is 4.74 Å². The Bertz CT molecular complexity index is 1600. The first-order chi connectivity index (χ1) is 17.2. The molecule has 0 unspecified atom stereocenters. The van der Waals surface area contributed by atoms with Crippen LogP contribution in [-0.2, 0) is 5.54 Å². The molecule has 1 N–H and O–H groups in total. The van der Waals surface area contributed by atoms with Crippen LogP contribution in [0.2, 0.25) is 5.02 Å². The smallest absolute Gasteiger partial charge is 0.248 e. The van der Waals surface area contributed by atoms with Gasteiger partial charge in [-0.25, -0.2) is 18.7 Å². The fourth-order valence-electron chi connectivity index (χ4n) is 4.68. The number of hydrogen-bond donors (Lipinski definition) is 1. The summed E-state index contributed by atoms with van der Waals surface area (Å²) < 4.78 is 35.2. The molecule has 3 heterocycles. The van der Waals surface area contributed by atoms with Gasteiger partial charge in [0.05, 0.1) is 40.2 Å². The molecule has 0 aliphatic heterocycles. The number of ether oxygens (including phenoxy) is 1. The van der Waals surface area contributed by atoms with E-state index in [0.29, 0.717) is 46.1 Å². The number of nitrogens with one attached hydrogen (secondary N) is 1. The first-order valence-corrected chi connectivity index (χ1v) is 12.1. The molecular formula is C26H23ClF2N6O. The van der Waals surface area contributed by atoms with E-state index in [1.165, 1.54) is 0 Å². The van der Waals surface area contributed by atoms with Crippen molar-refractivity contribution >= 4 is 33.7 Å². The van der Waals surface area contributed by atoms with Crippen molar-refractivity contribution in [1.29, 1.82) is 0 Å². The van der Waals surface area contributed by atoms with Gasteiger partial charge < -0.3 is 9.72 Å². The van der Waals surface area contributed by atoms with Gasteiger partial charge in [0.1, 0.15) is 27.9 Å². The van der Waals surface area contributed by atoms with Crippen LogP contribution in [0, 0.1) is 6.92 Å². The molecule has 6 rings (SSSR count). The summed E-state index contributed by atoms with van der Waals surface area (Å²) in [6.45, 7) is 3.86. The standard InChI is InChI=1S/C26H23ClF2N6O/c1-15-32-18-4-3-17(11-20(18)33-15)36-22-6-5-19-24(23(22)27)34-21(13-30-19)16-12-31-35(14-16)25(2)7-9-26(28,29)10-8-25/h3-6,11-14H,7-10H2,1-2H3,(H,32,33). The maximum atomic E-state index is 13.7. The van der Waals surface area contributed by atoms with Gasteiger partial charge in [-0.2, -0.15) is 5.10 Å². The van der Waals surface area contributed by atoms with Crippen LogP contribution >= 0.6 is 11.6 Å². The summed E-state index contributed by atoms with van der Waals surface area (Å²) in [4.78, 5) is 16.9. The van der Waals surface area contributed by atoms with Crippen LogP contribution in [0.3, 0.4) is 0 Å². The molecule has 1 fully saturated rings. The van der Waals surface area contributed by atoms with Crippen molar-refractivity contribution in [1.82, 2.24) is 29.7 Å². The lowest BCUT2D eigenvalue weighted by Crippen LogP contribution is -2.39. The zero-order chi connectivity index (χ0) is 25.1. The third-order valence-electron chi connectivity index (χ3n) is 6.91. The fraction of sp³-hybridized carbons (Fsp3) is 0.308. The van der Waals surface area contributed by atoms with Crippen molar-refractivity contribution in [3.8, 4) is 22.8 Å². The Kier molecular flexibility index (Phi) is 5.22. The van der Waals surface area contributed by atoms with Crippen molar-refractivity contribution in [3.05, 3.63) is 59.8 Å². The normalized spacial score (nSPS) is 17.0. The topological polar surface area (TPSA) is 81.5 Å². The van der Waals surface area contributed by atoms with Crippen LogP contribution in [-0.4, -0.2) is 35.6 Å². The molecule has 5 aromatic rings. The van der Waals surface area contributed by atoms with E-state index in [1.54, 1.807) is 29.2 Å². The van der Waals surface area contributed by atoms with E-state index >= 15 is 0 Å². The zero-order valence-electron chi connectivity index (χ0n) is 19.7. The van der Waals surface area contributed by atoms with Gasteiger partial charge in [-0.1, -0.05) is 11.6 Å². The molecule has 0 bridgehead atoms. The molecule has 1 aliphatic carbocycles. The van der Waals surface area contributed by atoms with E-state index in [0.717, 1.165) is 22.4 Å². The second-order valence-electron chi connectivity index (χ2n) is 9.63. The predicted molar refractivity (Wildman–Crippen MR) is 134 cm³/mol. The maximum absolute atomic E-state index is 13.7. The predicted octanol–water partition coefficient (Wildman–Crippen LogP) is 7.05. The minimum Gasteiger partial charge on any atom is -0.456 e. The molecule has 7 nitrogen and oxygen atoms in total. The minimum atomic E-state index is -2.60. The van der Waals surface area contributed by atoms with Crippen molar-refractivity contribution in [2.24, 2.45) is 0 Å². The fourth-order valence-corrected chi connectivity index (χ4v) is 4.93. The van der Waals surface area contributed by atoms with Gasteiger partial charge in [0.2, 0.25) is 5.92 Å². The first-order valence-electron chi connectivity index (χ1n) is 11.7. The highest BCUT2D eigenvalue weighted by atomic mass is 35.5. The highest BCUT2D eigenvalue weighted by Crippen LogP contribution is 2.42. The molecular weight excluding hydrogens is 486 g/mol. The van der Waals surface area contributed by atoms with E-state index in [4.69, 9.17) is 21.3 Å². The molecule has 36 heavy (non-hydrogen) atoms. The molecule has 1 aliphatic rings. The third kappa shape index (κ3) is 4.07. The lowest BCUT2D eigenvalue weighted by Gasteiger charge is -2.37. The van der Waals surface area contributed by atoms with E-state index in [-0.39, 0.29) is 12.8 Å². The average molecular weight is 509 g/mol. The molecule has 0 saturated heterocycles. The number of benzene rings is 2. The Morgan fingerprint density at radius 1 is 1.03 bits per heavy atom. The van der Waals surface area contributed by atoms with E-state index < -0.39 is 11.5 Å². The molecule has 10 heteroatoms. The summed E-state index contributed by atoms with van der Waals surface area (Å²) in [6, 6.07) is 9.15. The zero-order valence-corrected chi connectivity index (χ0v) is 20.5. The lowest BCUT2D eigenvalue weighted by atomic mass is 9.81. The number of nitrogens with zero attached hydrogens (tertiary/aromatic N) is 5. The lowest BCUT2D eigenvalue weighted by molar-refractivity contribution is -0.0622. The monoisotopic (exact) mass is 508 g/mol. The molecule has 0 atom stereocenters. The molecule has 0 amide bonds. The highest BCUT2D eigenvalue weighted by Gasteiger charge is 2.42. The van der Waals surface area contributed by atoms with Gasteiger partial charge in [0.25, 0.3) is 0 Å². The Hall–Kier alpha value is -3.59. The highest BCUT2D eigenvalue weighted by molar-refractivity contribution is 6.36. The summed E-state index contributed by atoms with van der Waals surface area (Å²) in [5.74, 6) is -0.701. The molecule has 1 saturated carbocycles. The number of H-pyrrole nitrogens is 1. The number of alkyl halides is 2. The van der Waals surface area contributed by atoms with Crippen LogP contribution in [0.15, 0.2) is 48.9 Å². The van der Waals surface area contributed by atoms with Crippen LogP contribution in [0.1, 0.15) is 38.4 Å². The molecule has 2 aromatic carbocycles.